The summed E-state index contributed by atoms with van der Waals surface area (Å²) in [7, 11) is -3.15. The first-order valence-corrected chi connectivity index (χ1v) is 6.91. The lowest BCUT2D eigenvalue weighted by molar-refractivity contribution is -0.150. The zero-order valence-corrected chi connectivity index (χ0v) is 10.2. The van der Waals surface area contributed by atoms with Crippen LogP contribution in [0.2, 0.25) is 0 Å². The number of carboxylic acid groups (broad SMARTS) is 1. The number of carbonyl (C=O) groups excluding carboxylic acids is 1. The number of amides is 1. The van der Waals surface area contributed by atoms with Crippen molar-refractivity contribution in [2.45, 2.75) is 17.9 Å². The summed E-state index contributed by atoms with van der Waals surface area (Å²) in [6, 6.07) is 4.76. The molecule has 0 bridgehead atoms. The monoisotopic (exact) mass is 269 g/mol. The van der Waals surface area contributed by atoms with Crippen LogP contribution in [0, 0.1) is 0 Å². The van der Waals surface area contributed by atoms with E-state index in [0.717, 1.165) is 5.56 Å². The Bertz CT molecular complexity index is 620. The van der Waals surface area contributed by atoms with Crippen molar-refractivity contribution >= 4 is 21.7 Å². The first-order valence-electron chi connectivity index (χ1n) is 5.26. The lowest BCUT2D eigenvalue weighted by Crippen LogP contribution is -2.30. The molecule has 0 unspecified atom stereocenters. The van der Waals surface area contributed by atoms with Gasteiger partial charge in [-0.15, -0.1) is 0 Å². The molecule has 1 heterocycles. The molecule has 0 aromatic heterocycles. The molecule has 1 amide bonds. The Morgan fingerprint density at radius 3 is 2.72 bits per heavy atom. The Hall–Kier alpha value is -1.89. The van der Waals surface area contributed by atoms with Crippen LogP contribution in [-0.4, -0.2) is 31.2 Å². The molecule has 2 rings (SSSR count). The highest BCUT2D eigenvalue weighted by atomic mass is 32.2. The molecule has 0 spiro atoms. The highest BCUT2D eigenvalue weighted by Gasteiger charge is 2.25. The fourth-order valence-corrected chi connectivity index (χ4v) is 3.40. The Labute approximate surface area is 104 Å². The second-order valence-electron chi connectivity index (χ2n) is 4.00. The smallest absolute Gasteiger partial charge is 0.394 e. The number of carbonyl (C=O) groups is 2. The zero-order chi connectivity index (χ0) is 13.3. The standard InChI is InChI=1S/C11H11NO5S/c13-10(11(14)15)12-6-7-1-2-9-8(5-7)3-4-18(9,16)17/h1-2,5H,3-4,6H2,(H,12,13)(H,14,15). The molecule has 0 radical (unpaired) electrons. The molecule has 0 fully saturated rings. The van der Waals surface area contributed by atoms with Crippen molar-refractivity contribution in [3.63, 3.8) is 0 Å². The first-order chi connectivity index (χ1) is 8.40. The van der Waals surface area contributed by atoms with Gasteiger partial charge in [0.2, 0.25) is 0 Å². The molecule has 6 nitrogen and oxygen atoms in total. The zero-order valence-electron chi connectivity index (χ0n) is 9.34. The highest BCUT2D eigenvalue weighted by molar-refractivity contribution is 7.91. The molecule has 18 heavy (non-hydrogen) atoms. The average Bonchev–Trinajstić information content (AvgIpc) is 2.62. The molecule has 0 aliphatic carbocycles. The third-order valence-electron chi connectivity index (χ3n) is 2.75. The average molecular weight is 269 g/mol. The van der Waals surface area contributed by atoms with E-state index in [-0.39, 0.29) is 12.3 Å². The van der Waals surface area contributed by atoms with Gasteiger partial charge in [0.15, 0.2) is 9.84 Å². The van der Waals surface area contributed by atoms with Crippen LogP contribution < -0.4 is 5.32 Å². The maximum atomic E-state index is 11.6. The fourth-order valence-electron chi connectivity index (χ4n) is 1.85. The van der Waals surface area contributed by atoms with Crippen LogP contribution >= 0.6 is 0 Å². The van der Waals surface area contributed by atoms with E-state index in [0.29, 0.717) is 16.9 Å². The van der Waals surface area contributed by atoms with Crippen LogP contribution in [0.5, 0.6) is 0 Å². The molecule has 96 valence electrons. The summed E-state index contributed by atoms with van der Waals surface area (Å²) in [5.41, 5.74) is 1.40. The number of rotatable bonds is 2. The minimum atomic E-state index is -3.15. The number of fused-ring (bicyclic) bond motifs is 1. The number of sulfone groups is 1. The summed E-state index contributed by atoms with van der Waals surface area (Å²) >= 11 is 0. The van der Waals surface area contributed by atoms with Crippen LogP contribution in [-0.2, 0) is 32.4 Å². The van der Waals surface area contributed by atoms with Gasteiger partial charge in [-0.25, -0.2) is 13.2 Å². The third kappa shape index (κ3) is 2.35. The van der Waals surface area contributed by atoms with Gasteiger partial charge in [0.25, 0.3) is 0 Å². The quantitative estimate of drug-likeness (QED) is 0.719. The van der Waals surface area contributed by atoms with Crippen molar-refractivity contribution in [1.82, 2.24) is 5.32 Å². The number of hydrogen-bond donors (Lipinski definition) is 2. The number of hydrogen-bond acceptors (Lipinski definition) is 4. The van der Waals surface area contributed by atoms with E-state index < -0.39 is 21.7 Å². The van der Waals surface area contributed by atoms with Gasteiger partial charge in [-0.3, -0.25) is 4.79 Å². The second kappa shape index (κ2) is 4.41. The lowest BCUT2D eigenvalue weighted by Gasteiger charge is -2.05. The largest absolute Gasteiger partial charge is 0.474 e. The summed E-state index contributed by atoms with van der Waals surface area (Å²) in [5, 5.41) is 10.6. The van der Waals surface area contributed by atoms with E-state index in [1.165, 1.54) is 6.07 Å². The fraction of sp³-hybridized carbons (Fsp3) is 0.273. The summed E-state index contributed by atoms with van der Waals surface area (Å²) in [4.78, 5) is 21.5. The summed E-state index contributed by atoms with van der Waals surface area (Å²) in [6.45, 7) is 0.0679. The van der Waals surface area contributed by atoms with Crippen LogP contribution in [0.15, 0.2) is 23.1 Å². The van der Waals surface area contributed by atoms with Gasteiger partial charge in [-0.05, 0) is 23.6 Å². The van der Waals surface area contributed by atoms with E-state index in [1.807, 2.05) is 0 Å². The van der Waals surface area contributed by atoms with Gasteiger partial charge in [0, 0.05) is 6.54 Å². The van der Waals surface area contributed by atoms with Crippen molar-refractivity contribution in [2.75, 3.05) is 5.75 Å². The third-order valence-corrected chi connectivity index (χ3v) is 4.56. The molecular formula is C11H11NO5S. The molecule has 2 N–H and O–H groups in total. The predicted octanol–water partition coefficient (Wildman–Crippen LogP) is -0.283. The minimum absolute atomic E-state index is 0.0679. The molecule has 1 aliphatic heterocycles. The summed E-state index contributed by atoms with van der Waals surface area (Å²) < 4.78 is 23.1. The van der Waals surface area contributed by atoms with Crippen LogP contribution in [0.4, 0.5) is 0 Å². The molecule has 0 atom stereocenters. The van der Waals surface area contributed by atoms with Crippen LogP contribution in [0.1, 0.15) is 11.1 Å². The van der Waals surface area contributed by atoms with Crippen molar-refractivity contribution in [1.29, 1.82) is 0 Å². The molecule has 1 aromatic rings. The number of aliphatic carboxylic acids is 1. The maximum absolute atomic E-state index is 11.6. The van der Waals surface area contributed by atoms with E-state index in [4.69, 9.17) is 5.11 Å². The Morgan fingerprint density at radius 1 is 1.33 bits per heavy atom. The van der Waals surface area contributed by atoms with E-state index >= 15 is 0 Å². The number of aryl methyl sites for hydroxylation is 1. The van der Waals surface area contributed by atoms with Gasteiger partial charge >= 0.3 is 11.9 Å². The number of nitrogens with one attached hydrogen (secondary N) is 1. The van der Waals surface area contributed by atoms with Crippen molar-refractivity contribution in [3.05, 3.63) is 29.3 Å². The summed E-state index contributed by atoms with van der Waals surface area (Å²) in [5.74, 6) is -2.52. The number of benzene rings is 1. The first kappa shape index (κ1) is 12.6. The predicted molar refractivity (Wildman–Crippen MR) is 61.7 cm³/mol. The SMILES string of the molecule is O=C(O)C(=O)NCc1ccc2c(c1)CCS2(=O)=O. The van der Waals surface area contributed by atoms with E-state index in [2.05, 4.69) is 5.32 Å². The van der Waals surface area contributed by atoms with Gasteiger partial charge in [0.1, 0.15) is 0 Å². The Kier molecular flexibility index (Phi) is 3.08. The molecule has 7 heteroatoms. The van der Waals surface area contributed by atoms with Crippen LogP contribution in [0.3, 0.4) is 0 Å². The van der Waals surface area contributed by atoms with E-state index in [1.54, 1.807) is 12.1 Å². The highest BCUT2D eigenvalue weighted by Crippen LogP contribution is 2.26. The van der Waals surface area contributed by atoms with Crippen molar-refractivity contribution in [3.8, 4) is 0 Å². The van der Waals surface area contributed by atoms with Gasteiger partial charge < -0.3 is 10.4 Å². The normalized spacial score (nSPS) is 16.0. The Morgan fingerprint density at radius 2 is 2.06 bits per heavy atom. The minimum Gasteiger partial charge on any atom is -0.474 e. The number of carboxylic acids is 1. The van der Waals surface area contributed by atoms with Gasteiger partial charge in [-0.2, -0.15) is 0 Å². The molecular weight excluding hydrogens is 258 g/mol. The second-order valence-corrected chi connectivity index (χ2v) is 6.08. The molecule has 0 saturated carbocycles. The maximum Gasteiger partial charge on any atom is 0.394 e. The lowest BCUT2D eigenvalue weighted by atomic mass is 10.1. The van der Waals surface area contributed by atoms with E-state index in [9.17, 15) is 18.0 Å². The van der Waals surface area contributed by atoms with Gasteiger partial charge in [0.05, 0.1) is 10.6 Å². The molecule has 1 aliphatic rings. The molecule has 1 aromatic carbocycles. The van der Waals surface area contributed by atoms with Crippen LogP contribution in [0.25, 0.3) is 0 Å². The van der Waals surface area contributed by atoms with Crippen molar-refractivity contribution in [2.24, 2.45) is 0 Å². The van der Waals surface area contributed by atoms with Crippen molar-refractivity contribution < 1.29 is 23.1 Å². The molecule has 0 saturated heterocycles. The summed E-state index contributed by atoms with van der Waals surface area (Å²) in [6.07, 6.45) is 0.457. The topological polar surface area (TPSA) is 101 Å². The Balaban J connectivity index is 2.14. The van der Waals surface area contributed by atoms with Gasteiger partial charge in [-0.1, -0.05) is 12.1 Å².